The summed E-state index contributed by atoms with van der Waals surface area (Å²) in [6, 6.07) is 0. The SMILES string of the molecule is CS(C)=O.O=[N+]([O-])[O-].O=[N+]([O-])[O-].O=[N+]([O-])[O-].[Tb+3]. The summed E-state index contributed by atoms with van der Waals surface area (Å²) < 4.78 is 9.56. The Bertz CT molecular complexity index is 170. The fraction of sp³-hybridized carbons (Fsp3) is 1.00. The first-order valence-corrected chi connectivity index (χ1v) is 4.59. The van der Waals surface area contributed by atoms with Gasteiger partial charge >= 0.3 is 38.6 Å². The zero-order valence-electron chi connectivity index (χ0n) is 8.17. The Labute approximate surface area is 127 Å². The predicted octanol–water partition coefficient (Wildman–Crippen LogP) is -0.723. The molecule has 104 valence electrons. The largest absolute Gasteiger partial charge is 3.00 e. The second kappa shape index (κ2) is 24.3. The van der Waals surface area contributed by atoms with Gasteiger partial charge in [0.25, 0.3) is 0 Å². The summed E-state index contributed by atoms with van der Waals surface area (Å²) in [5.41, 5.74) is 0. The molecule has 0 radical (unpaired) electrons. The summed E-state index contributed by atoms with van der Waals surface area (Å²) in [6.07, 6.45) is 3.28. The summed E-state index contributed by atoms with van der Waals surface area (Å²) in [6.45, 7) is 0. The summed E-state index contributed by atoms with van der Waals surface area (Å²) in [4.78, 5) is 24.8. The maximum absolute atomic E-state index is 9.56. The van der Waals surface area contributed by atoms with Gasteiger partial charge in [0.05, 0.1) is 15.3 Å². The molecule has 0 fully saturated rings. The molecule has 15 heteroatoms. The van der Waals surface area contributed by atoms with Crippen LogP contribution in [0.1, 0.15) is 0 Å². The molecule has 0 unspecified atom stereocenters. The van der Waals surface area contributed by atoms with Crippen molar-refractivity contribution in [1.29, 1.82) is 0 Å². The zero-order chi connectivity index (χ0) is 14.3. The molecule has 0 aliphatic rings. The van der Waals surface area contributed by atoms with E-state index in [9.17, 15) is 4.21 Å². The van der Waals surface area contributed by atoms with E-state index < -0.39 is 26.1 Å². The zero-order valence-corrected chi connectivity index (χ0v) is 11.1. The van der Waals surface area contributed by atoms with Crippen LogP contribution in [0.25, 0.3) is 0 Å². The average Bonchev–Trinajstić information content (AvgIpc) is 1.76. The molecule has 0 N–H and O–H groups in total. The molecule has 0 aliphatic carbocycles. The van der Waals surface area contributed by atoms with Crippen molar-refractivity contribution in [2.45, 2.75) is 0 Å². The van der Waals surface area contributed by atoms with Crippen LogP contribution >= 0.6 is 0 Å². The minimum Gasteiger partial charge on any atom is -0.356 e. The summed E-state index contributed by atoms with van der Waals surface area (Å²) in [5, 5.41) is 44.2. The molecular formula is C2H6N3O10STb. The molecule has 0 rings (SSSR count). The Balaban J connectivity index is -0.0000000369. The molecule has 0 aromatic heterocycles. The molecule has 0 amide bonds. The van der Waals surface area contributed by atoms with E-state index in [2.05, 4.69) is 0 Å². The van der Waals surface area contributed by atoms with Crippen molar-refractivity contribution < 1.29 is 58.1 Å². The van der Waals surface area contributed by atoms with Crippen LogP contribution in [0.15, 0.2) is 0 Å². The van der Waals surface area contributed by atoms with Crippen molar-refractivity contribution in [3.8, 4) is 0 Å². The molecule has 0 saturated heterocycles. The Morgan fingerprint density at radius 2 is 0.706 bits per heavy atom. The summed E-state index contributed by atoms with van der Waals surface area (Å²) in [5.74, 6) is 0. The van der Waals surface area contributed by atoms with Crippen molar-refractivity contribution in [2.24, 2.45) is 0 Å². The molecule has 0 aliphatic heterocycles. The number of rotatable bonds is 0. The fourth-order valence-electron chi connectivity index (χ4n) is 0. The van der Waals surface area contributed by atoms with E-state index in [4.69, 9.17) is 46.0 Å². The third-order valence-electron chi connectivity index (χ3n) is 0. The van der Waals surface area contributed by atoms with Crippen LogP contribution in [0, 0.1) is 84.6 Å². The average molecular weight is 423 g/mol. The van der Waals surface area contributed by atoms with Crippen LogP contribution < -0.4 is 0 Å². The minimum atomic E-state index is -1.75. The Morgan fingerprint density at radius 3 is 0.706 bits per heavy atom. The van der Waals surface area contributed by atoms with Crippen LogP contribution in [0.5, 0.6) is 0 Å². The molecule has 0 aromatic rings. The smallest absolute Gasteiger partial charge is 0.356 e. The van der Waals surface area contributed by atoms with Crippen LogP contribution in [-0.2, 0) is 10.8 Å². The third kappa shape index (κ3) is 2750. The predicted molar refractivity (Wildman–Crippen MR) is 51.1 cm³/mol. The number of nitrogens with zero attached hydrogens (tertiary/aromatic N) is 3. The van der Waals surface area contributed by atoms with E-state index in [1.807, 2.05) is 0 Å². The maximum atomic E-state index is 9.56. The van der Waals surface area contributed by atoms with Crippen molar-refractivity contribution in [1.82, 2.24) is 0 Å². The standard InChI is InChI=1S/C2H6OS.3NO3.Tb/c1-4(2)3;3*2-1(3)4;/h1-2H3;;;;/q;3*-1;+3. The van der Waals surface area contributed by atoms with E-state index in [1.165, 1.54) is 0 Å². The molecule has 0 bridgehead atoms. The van der Waals surface area contributed by atoms with Gasteiger partial charge in [-0.05, 0) is 0 Å². The van der Waals surface area contributed by atoms with Crippen molar-refractivity contribution in [3.05, 3.63) is 46.0 Å². The first-order valence-electron chi connectivity index (χ1n) is 2.63. The van der Waals surface area contributed by atoms with Gasteiger partial charge in [0, 0.05) is 23.3 Å². The van der Waals surface area contributed by atoms with Gasteiger partial charge in [0.15, 0.2) is 0 Å². The second-order valence-corrected chi connectivity index (χ2v) is 2.90. The number of hydrogen-bond acceptors (Lipinski definition) is 10. The molecule has 17 heavy (non-hydrogen) atoms. The molecule has 0 atom stereocenters. The molecule has 0 spiro atoms. The molecule has 0 heterocycles. The molecule has 0 saturated carbocycles. The molecular weight excluding hydrogens is 417 g/mol. The first kappa shape index (κ1) is 29.8. The van der Waals surface area contributed by atoms with E-state index in [0.717, 1.165) is 0 Å². The van der Waals surface area contributed by atoms with E-state index >= 15 is 0 Å². The summed E-state index contributed by atoms with van der Waals surface area (Å²) >= 11 is 0. The third-order valence-corrected chi connectivity index (χ3v) is 0. The Morgan fingerprint density at radius 1 is 0.706 bits per heavy atom. The van der Waals surface area contributed by atoms with Crippen LogP contribution in [0.4, 0.5) is 0 Å². The van der Waals surface area contributed by atoms with Gasteiger partial charge in [-0.2, -0.15) is 0 Å². The van der Waals surface area contributed by atoms with Gasteiger partial charge in [-0.3, -0.25) is 4.21 Å². The maximum Gasteiger partial charge on any atom is 3.00 e. The quantitative estimate of drug-likeness (QED) is 0.352. The monoisotopic (exact) mass is 423 g/mol. The van der Waals surface area contributed by atoms with Gasteiger partial charge in [-0.1, -0.05) is 0 Å². The minimum absolute atomic E-state index is 0. The van der Waals surface area contributed by atoms with Gasteiger partial charge in [0.2, 0.25) is 0 Å². The van der Waals surface area contributed by atoms with Gasteiger partial charge in [0.1, 0.15) is 0 Å². The Hall–Kier alpha value is -0.964. The Kier molecular flexibility index (Phi) is 42.6. The van der Waals surface area contributed by atoms with Crippen LogP contribution in [-0.4, -0.2) is 32.0 Å². The van der Waals surface area contributed by atoms with E-state index in [1.54, 1.807) is 12.5 Å². The molecule has 0 aromatic carbocycles. The molecule has 13 nitrogen and oxygen atoms in total. The van der Waals surface area contributed by atoms with Crippen molar-refractivity contribution in [2.75, 3.05) is 12.5 Å². The second-order valence-electron chi connectivity index (χ2n) is 1.41. The normalized spacial score (nSPS) is 6.29. The van der Waals surface area contributed by atoms with E-state index in [0.29, 0.717) is 0 Å². The first-order chi connectivity index (χ1) is 6.93. The van der Waals surface area contributed by atoms with Gasteiger partial charge in [-0.15, -0.1) is 0 Å². The fourth-order valence-corrected chi connectivity index (χ4v) is 0. The summed E-state index contributed by atoms with van der Waals surface area (Å²) in [7, 11) is -0.611. The van der Waals surface area contributed by atoms with Crippen LogP contribution in [0.2, 0.25) is 0 Å². The van der Waals surface area contributed by atoms with Gasteiger partial charge < -0.3 is 46.0 Å². The number of hydrogen-bond donors (Lipinski definition) is 0. The van der Waals surface area contributed by atoms with Crippen LogP contribution in [0.3, 0.4) is 0 Å². The van der Waals surface area contributed by atoms with Crippen molar-refractivity contribution in [3.63, 3.8) is 0 Å². The van der Waals surface area contributed by atoms with Crippen molar-refractivity contribution >= 4 is 10.8 Å². The topological polar surface area (TPSA) is 216 Å². The van der Waals surface area contributed by atoms with E-state index in [-0.39, 0.29) is 38.6 Å². The van der Waals surface area contributed by atoms with Gasteiger partial charge in [-0.25, -0.2) is 0 Å².